The summed E-state index contributed by atoms with van der Waals surface area (Å²) in [5.74, 6) is -3.97. The molecule has 0 atom stereocenters. The summed E-state index contributed by atoms with van der Waals surface area (Å²) in [7, 11) is 4.25. The van der Waals surface area contributed by atoms with Crippen molar-refractivity contribution in [3.63, 3.8) is 0 Å². The molecule has 0 bridgehead atoms. The van der Waals surface area contributed by atoms with Crippen LogP contribution in [0.15, 0.2) is 34.3 Å². The van der Waals surface area contributed by atoms with Gasteiger partial charge in [-0.15, -0.1) is 11.3 Å². The minimum Gasteiger partial charge on any atom is -0.481 e. The average molecular weight is 485 g/mol. The van der Waals surface area contributed by atoms with Crippen LogP contribution in [0.5, 0.6) is 0 Å². The van der Waals surface area contributed by atoms with E-state index in [-0.39, 0.29) is 0 Å². The predicted molar refractivity (Wildman–Crippen MR) is 122 cm³/mol. The lowest BCUT2D eigenvalue weighted by Crippen LogP contribution is -2.42. The molecule has 0 saturated heterocycles. The maximum absolute atomic E-state index is 10.3. The van der Waals surface area contributed by atoms with Crippen LogP contribution in [0.2, 0.25) is 0 Å². The first kappa shape index (κ1) is 28.3. The van der Waals surface area contributed by atoms with Crippen LogP contribution >= 0.6 is 11.3 Å². The number of aliphatic hydroxyl groups is 1. The number of carboxylic acid groups (broad SMARTS) is 3. The number of hydrogen-bond acceptors (Lipinski definition) is 8. The second-order valence-corrected chi connectivity index (χ2v) is 8.95. The normalized spacial score (nSPS) is 11.3. The summed E-state index contributed by atoms with van der Waals surface area (Å²) in [4.78, 5) is 36.7. The molecule has 0 fully saturated rings. The van der Waals surface area contributed by atoms with Crippen molar-refractivity contribution in [1.82, 2.24) is 9.80 Å². The smallest absolute Gasteiger partial charge is 0.336 e. The molecule has 0 aliphatic carbocycles. The first-order chi connectivity index (χ1) is 15.4. The van der Waals surface area contributed by atoms with Crippen molar-refractivity contribution < 1.29 is 39.2 Å². The molecular formula is C22H32N2O8S. The van der Waals surface area contributed by atoms with Crippen molar-refractivity contribution >= 4 is 29.2 Å². The Morgan fingerprint density at radius 3 is 2.09 bits per heavy atom. The lowest BCUT2D eigenvalue weighted by atomic mass is 9.96. The minimum atomic E-state index is -2.74. The highest BCUT2D eigenvalue weighted by atomic mass is 32.1. The van der Waals surface area contributed by atoms with E-state index in [1.54, 1.807) is 6.26 Å². The highest BCUT2D eigenvalue weighted by Crippen LogP contribution is 2.19. The molecule has 0 saturated carbocycles. The van der Waals surface area contributed by atoms with Gasteiger partial charge in [0.25, 0.3) is 0 Å². The first-order valence-electron chi connectivity index (χ1n) is 10.2. The van der Waals surface area contributed by atoms with E-state index in [1.807, 2.05) is 17.4 Å². The molecule has 0 spiro atoms. The Labute approximate surface area is 196 Å². The number of carboxylic acids is 3. The van der Waals surface area contributed by atoms with E-state index in [0.29, 0.717) is 0 Å². The van der Waals surface area contributed by atoms with E-state index in [4.69, 9.17) is 24.8 Å². The predicted octanol–water partition coefficient (Wildman–Crippen LogP) is 2.35. The summed E-state index contributed by atoms with van der Waals surface area (Å²) in [6.07, 6.45) is 0.644. The zero-order valence-electron chi connectivity index (χ0n) is 19.1. The van der Waals surface area contributed by atoms with Gasteiger partial charge in [0.05, 0.1) is 25.6 Å². The van der Waals surface area contributed by atoms with Gasteiger partial charge in [-0.3, -0.25) is 14.5 Å². The third-order valence-electron chi connectivity index (χ3n) is 4.66. The molecule has 2 aromatic heterocycles. The molecule has 10 nitrogen and oxygen atoms in total. The number of nitrogens with zero attached hydrogens (tertiary/aromatic N) is 2. The second kappa shape index (κ2) is 13.7. The van der Waals surface area contributed by atoms with Gasteiger partial charge in [0.1, 0.15) is 5.76 Å². The average Bonchev–Trinajstić information content (AvgIpc) is 3.32. The highest BCUT2D eigenvalue weighted by molar-refractivity contribution is 7.10. The Morgan fingerprint density at radius 2 is 1.67 bits per heavy atom. The van der Waals surface area contributed by atoms with Gasteiger partial charge in [-0.25, -0.2) is 4.79 Å². The fourth-order valence-electron chi connectivity index (χ4n) is 2.93. The number of thiophene rings is 1. The van der Waals surface area contributed by atoms with E-state index >= 15 is 0 Å². The lowest BCUT2D eigenvalue weighted by molar-refractivity contribution is -0.170. The van der Waals surface area contributed by atoms with E-state index < -0.39 is 36.4 Å². The fourth-order valence-corrected chi connectivity index (χ4v) is 3.88. The Kier molecular flexibility index (Phi) is 11.8. The standard InChI is InChI=1S/C16H24N2OS.C6H8O7/c1-14-7-11-20-16(14)13-18(9-5-8-17(2)3)12-15-6-4-10-19-15;7-3(8)1-6(13,5(11)12)2-4(9)10/h4,6-7,10-11H,5,8-9,12-13H2,1-3H3;13H,1-2H2,(H,7,8)(H,9,10)(H,11,12). The van der Waals surface area contributed by atoms with Crippen molar-refractivity contribution in [3.05, 3.63) is 46.0 Å². The number of aryl methyl sites for hydroxylation is 1. The van der Waals surface area contributed by atoms with Crippen LogP contribution in [0.4, 0.5) is 0 Å². The Morgan fingerprint density at radius 1 is 1.03 bits per heavy atom. The van der Waals surface area contributed by atoms with Gasteiger partial charge >= 0.3 is 17.9 Å². The van der Waals surface area contributed by atoms with Crippen LogP contribution in [0.3, 0.4) is 0 Å². The molecule has 4 N–H and O–H groups in total. The van der Waals surface area contributed by atoms with Gasteiger partial charge in [-0.05, 0) is 63.1 Å². The number of furan rings is 1. The third-order valence-corrected chi connectivity index (χ3v) is 5.67. The van der Waals surface area contributed by atoms with Gasteiger partial charge in [0, 0.05) is 18.0 Å². The Hall–Kier alpha value is -2.73. The highest BCUT2D eigenvalue weighted by Gasteiger charge is 2.40. The zero-order valence-corrected chi connectivity index (χ0v) is 19.9. The fraction of sp³-hybridized carbons (Fsp3) is 0.500. The van der Waals surface area contributed by atoms with Crippen LogP contribution in [0.25, 0.3) is 0 Å². The number of hydrogen-bond donors (Lipinski definition) is 4. The number of aliphatic carboxylic acids is 3. The summed E-state index contributed by atoms with van der Waals surface area (Å²) in [5, 5.41) is 36.0. The molecule has 0 amide bonds. The van der Waals surface area contributed by atoms with Crippen molar-refractivity contribution in [2.75, 3.05) is 27.2 Å². The quantitative estimate of drug-likeness (QED) is 0.333. The maximum atomic E-state index is 10.3. The van der Waals surface area contributed by atoms with E-state index in [0.717, 1.165) is 31.9 Å². The SMILES string of the molecule is Cc1ccsc1CN(CCCN(C)C)Cc1ccco1.O=C(O)CC(O)(CC(=O)O)C(=O)O. The molecule has 0 aliphatic heterocycles. The van der Waals surface area contributed by atoms with Crippen LogP contribution in [0, 0.1) is 6.92 Å². The zero-order chi connectivity index (χ0) is 25.0. The molecule has 184 valence electrons. The van der Waals surface area contributed by atoms with Crippen LogP contribution < -0.4 is 0 Å². The largest absolute Gasteiger partial charge is 0.481 e. The summed E-state index contributed by atoms with van der Waals surface area (Å²) in [6, 6.07) is 6.22. The van der Waals surface area contributed by atoms with Gasteiger partial charge < -0.3 is 29.7 Å². The Bertz CT molecular complexity index is 863. The van der Waals surface area contributed by atoms with Crippen molar-refractivity contribution in [1.29, 1.82) is 0 Å². The van der Waals surface area contributed by atoms with E-state index in [2.05, 4.69) is 48.3 Å². The van der Waals surface area contributed by atoms with E-state index in [9.17, 15) is 14.4 Å². The molecule has 0 radical (unpaired) electrons. The summed E-state index contributed by atoms with van der Waals surface area (Å²) in [6.45, 7) is 6.31. The monoisotopic (exact) mass is 484 g/mol. The molecule has 2 aromatic rings. The Balaban J connectivity index is 0.000000366. The topological polar surface area (TPSA) is 152 Å². The second-order valence-electron chi connectivity index (χ2n) is 7.95. The van der Waals surface area contributed by atoms with Crippen molar-refractivity contribution in [2.45, 2.75) is 44.9 Å². The van der Waals surface area contributed by atoms with Gasteiger partial charge in [-0.1, -0.05) is 0 Å². The van der Waals surface area contributed by atoms with Gasteiger partial charge in [0.15, 0.2) is 5.60 Å². The van der Waals surface area contributed by atoms with Gasteiger partial charge in [-0.2, -0.15) is 0 Å². The van der Waals surface area contributed by atoms with Gasteiger partial charge in [0.2, 0.25) is 0 Å². The lowest BCUT2D eigenvalue weighted by Gasteiger charge is -2.22. The molecular weight excluding hydrogens is 452 g/mol. The summed E-state index contributed by atoms with van der Waals surface area (Å²) >= 11 is 1.85. The summed E-state index contributed by atoms with van der Waals surface area (Å²) < 4.78 is 5.49. The number of carbonyl (C=O) groups is 3. The number of rotatable bonds is 13. The molecule has 33 heavy (non-hydrogen) atoms. The molecule has 11 heteroatoms. The molecule has 0 aromatic carbocycles. The first-order valence-corrected chi connectivity index (χ1v) is 11.1. The summed E-state index contributed by atoms with van der Waals surface area (Å²) in [5.41, 5.74) is -1.34. The molecule has 0 aliphatic rings. The maximum Gasteiger partial charge on any atom is 0.336 e. The molecule has 2 heterocycles. The van der Waals surface area contributed by atoms with Crippen LogP contribution in [0.1, 0.15) is 35.5 Å². The van der Waals surface area contributed by atoms with Crippen LogP contribution in [-0.2, 0) is 27.5 Å². The molecule has 0 unspecified atom stereocenters. The van der Waals surface area contributed by atoms with E-state index in [1.165, 1.54) is 16.9 Å². The van der Waals surface area contributed by atoms with Crippen molar-refractivity contribution in [3.8, 4) is 0 Å². The van der Waals surface area contributed by atoms with Crippen LogP contribution in [-0.4, -0.2) is 80.9 Å². The minimum absolute atomic E-state index is 0.887. The third kappa shape index (κ3) is 11.1. The molecule has 2 rings (SSSR count). The van der Waals surface area contributed by atoms with Crippen molar-refractivity contribution in [2.24, 2.45) is 0 Å².